The van der Waals surface area contributed by atoms with Crippen molar-refractivity contribution in [2.45, 2.75) is 26.3 Å². The average Bonchev–Trinajstić information content (AvgIpc) is 2.04. The highest BCUT2D eigenvalue weighted by Crippen LogP contribution is 2.00. The van der Waals surface area contributed by atoms with E-state index in [1.807, 2.05) is 6.92 Å². The van der Waals surface area contributed by atoms with Gasteiger partial charge in [-0.3, -0.25) is 9.59 Å². The van der Waals surface area contributed by atoms with Gasteiger partial charge >= 0.3 is 5.97 Å². The van der Waals surface area contributed by atoms with Crippen LogP contribution in [-0.2, 0) is 9.59 Å². The van der Waals surface area contributed by atoms with Gasteiger partial charge in [0.2, 0.25) is 5.91 Å². The van der Waals surface area contributed by atoms with Crippen LogP contribution in [0.1, 0.15) is 20.3 Å². The summed E-state index contributed by atoms with van der Waals surface area (Å²) in [6.45, 7) is 3.48. The second-order valence-electron chi connectivity index (χ2n) is 2.68. The van der Waals surface area contributed by atoms with Crippen molar-refractivity contribution in [3.05, 3.63) is 0 Å². The second kappa shape index (κ2) is 6.77. The van der Waals surface area contributed by atoms with Gasteiger partial charge in [0, 0.05) is 0 Å². The van der Waals surface area contributed by atoms with Gasteiger partial charge in [-0.25, -0.2) is 0 Å². The van der Waals surface area contributed by atoms with Crippen molar-refractivity contribution < 1.29 is 14.7 Å². The fourth-order valence-corrected chi connectivity index (χ4v) is 1.36. The van der Waals surface area contributed by atoms with Crippen molar-refractivity contribution in [2.24, 2.45) is 0 Å². The number of aliphatic carboxylic acids is 1. The quantitative estimate of drug-likeness (QED) is 0.627. The maximum absolute atomic E-state index is 11.0. The summed E-state index contributed by atoms with van der Waals surface area (Å²) in [5.41, 5.74) is 0. The van der Waals surface area contributed by atoms with Crippen LogP contribution in [0.5, 0.6) is 0 Å². The molecule has 0 aliphatic carbocycles. The van der Waals surface area contributed by atoms with E-state index in [2.05, 4.69) is 5.32 Å². The van der Waals surface area contributed by atoms with Crippen LogP contribution in [0, 0.1) is 0 Å². The highest BCUT2D eigenvalue weighted by atomic mass is 32.2. The number of carboxylic acids is 1. The third kappa shape index (κ3) is 6.45. The van der Waals surface area contributed by atoms with E-state index in [-0.39, 0.29) is 5.91 Å². The van der Waals surface area contributed by atoms with E-state index in [0.717, 1.165) is 12.2 Å². The maximum Gasteiger partial charge on any atom is 0.325 e. The predicted molar refractivity (Wildman–Crippen MR) is 52.9 cm³/mol. The van der Waals surface area contributed by atoms with Gasteiger partial charge in [-0.05, 0) is 19.1 Å². The summed E-state index contributed by atoms with van der Waals surface area (Å²) in [6.07, 6.45) is 1.02. The van der Waals surface area contributed by atoms with Crippen LogP contribution in [0.25, 0.3) is 0 Å². The van der Waals surface area contributed by atoms with Gasteiger partial charge in [0.15, 0.2) is 0 Å². The standard InChI is InChI=1S/C8H15NO3S/c1-3-4-13-5-7(10)9-6(2)8(11)12/h6H,3-5H2,1-2H3,(H,9,10)(H,11,12)/t6-/m1/s1. The first-order valence-electron chi connectivity index (χ1n) is 4.17. The Morgan fingerprint density at radius 3 is 2.62 bits per heavy atom. The summed E-state index contributed by atoms with van der Waals surface area (Å²) < 4.78 is 0. The normalized spacial score (nSPS) is 12.2. The Bertz CT molecular complexity index is 184. The molecule has 5 heteroatoms. The van der Waals surface area contributed by atoms with Crippen LogP contribution >= 0.6 is 11.8 Å². The van der Waals surface area contributed by atoms with Crippen LogP contribution in [0.2, 0.25) is 0 Å². The molecule has 1 atom stereocenters. The topological polar surface area (TPSA) is 66.4 Å². The summed E-state index contributed by atoms with van der Waals surface area (Å²) in [7, 11) is 0. The van der Waals surface area contributed by atoms with Crippen molar-refractivity contribution in [2.75, 3.05) is 11.5 Å². The van der Waals surface area contributed by atoms with E-state index in [1.54, 1.807) is 0 Å². The number of rotatable bonds is 6. The van der Waals surface area contributed by atoms with Crippen molar-refractivity contribution in [3.8, 4) is 0 Å². The van der Waals surface area contributed by atoms with Crippen molar-refractivity contribution in [1.82, 2.24) is 5.32 Å². The highest BCUT2D eigenvalue weighted by Gasteiger charge is 2.12. The molecule has 0 fully saturated rings. The molecule has 0 spiro atoms. The Labute approximate surface area is 82.1 Å². The van der Waals surface area contributed by atoms with Gasteiger partial charge < -0.3 is 10.4 Å². The Morgan fingerprint density at radius 1 is 1.54 bits per heavy atom. The number of carbonyl (C=O) groups excluding carboxylic acids is 1. The van der Waals surface area contributed by atoms with Gasteiger partial charge in [0.1, 0.15) is 6.04 Å². The Hall–Kier alpha value is -0.710. The molecule has 0 saturated carbocycles. The first kappa shape index (κ1) is 12.3. The van der Waals surface area contributed by atoms with E-state index >= 15 is 0 Å². The molecule has 0 unspecified atom stereocenters. The largest absolute Gasteiger partial charge is 0.480 e. The van der Waals surface area contributed by atoms with Crippen molar-refractivity contribution in [1.29, 1.82) is 0 Å². The number of carboxylic acid groups (broad SMARTS) is 1. The molecule has 0 rings (SSSR count). The average molecular weight is 205 g/mol. The summed E-state index contributed by atoms with van der Waals surface area (Å²) in [6, 6.07) is -0.797. The lowest BCUT2D eigenvalue weighted by Gasteiger charge is -2.08. The van der Waals surface area contributed by atoms with E-state index in [1.165, 1.54) is 18.7 Å². The summed E-state index contributed by atoms with van der Waals surface area (Å²) in [5.74, 6) is 0.0440. The molecule has 0 aliphatic heterocycles. The molecule has 2 N–H and O–H groups in total. The number of carbonyl (C=O) groups is 2. The van der Waals surface area contributed by atoms with E-state index in [0.29, 0.717) is 5.75 Å². The van der Waals surface area contributed by atoms with Gasteiger partial charge in [-0.15, -0.1) is 0 Å². The molecule has 76 valence electrons. The lowest BCUT2D eigenvalue weighted by molar-refractivity contribution is -0.140. The molecule has 0 heterocycles. The lowest BCUT2D eigenvalue weighted by atomic mass is 10.3. The smallest absolute Gasteiger partial charge is 0.325 e. The Kier molecular flexibility index (Phi) is 6.40. The number of hydrogen-bond donors (Lipinski definition) is 2. The van der Waals surface area contributed by atoms with Crippen LogP contribution in [-0.4, -0.2) is 34.5 Å². The van der Waals surface area contributed by atoms with E-state index in [9.17, 15) is 9.59 Å². The van der Waals surface area contributed by atoms with E-state index in [4.69, 9.17) is 5.11 Å². The number of thioether (sulfide) groups is 1. The molecular weight excluding hydrogens is 190 g/mol. The van der Waals surface area contributed by atoms with Crippen LogP contribution < -0.4 is 5.32 Å². The van der Waals surface area contributed by atoms with Crippen molar-refractivity contribution in [3.63, 3.8) is 0 Å². The SMILES string of the molecule is CCCSCC(=O)N[C@H](C)C(=O)O. The molecule has 0 aromatic rings. The fourth-order valence-electron chi connectivity index (χ4n) is 0.654. The zero-order valence-corrected chi connectivity index (χ0v) is 8.69. The minimum Gasteiger partial charge on any atom is -0.480 e. The van der Waals surface area contributed by atoms with Crippen LogP contribution in [0.15, 0.2) is 0 Å². The maximum atomic E-state index is 11.0. The van der Waals surface area contributed by atoms with Crippen LogP contribution in [0.4, 0.5) is 0 Å². The molecule has 0 aliphatic rings. The lowest BCUT2D eigenvalue weighted by Crippen LogP contribution is -2.39. The zero-order chi connectivity index (χ0) is 10.3. The Balaban J connectivity index is 3.56. The summed E-state index contributed by atoms with van der Waals surface area (Å²) >= 11 is 1.51. The van der Waals surface area contributed by atoms with Gasteiger partial charge in [-0.1, -0.05) is 6.92 Å². The highest BCUT2D eigenvalue weighted by molar-refractivity contribution is 7.99. The van der Waals surface area contributed by atoms with E-state index < -0.39 is 12.0 Å². The monoisotopic (exact) mass is 205 g/mol. The summed E-state index contributed by atoms with van der Waals surface area (Å²) in [5, 5.41) is 10.9. The molecule has 0 saturated heterocycles. The molecule has 0 aromatic carbocycles. The van der Waals surface area contributed by atoms with Gasteiger partial charge in [0.25, 0.3) is 0 Å². The zero-order valence-electron chi connectivity index (χ0n) is 7.87. The third-order valence-corrected chi connectivity index (χ3v) is 2.49. The first-order valence-corrected chi connectivity index (χ1v) is 5.33. The molecule has 0 bridgehead atoms. The minimum absolute atomic E-state index is 0.214. The van der Waals surface area contributed by atoms with Crippen molar-refractivity contribution >= 4 is 23.6 Å². The molecule has 1 amide bonds. The summed E-state index contributed by atoms with van der Waals surface area (Å²) in [4.78, 5) is 21.4. The minimum atomic E-state index is -1.01. The molecule has 0 radical (unpaired) electrons. The Morgan fingerprint density at radius 2 is 2.15 bits per heavy atom. The van der Waals surface area contributed by atoms with Gasteiger partial charge in [-0.2, -0.15) is 11.8 Å². The fraction of sp³-hybridized carbons (Fsp3) is 0.750. The first-order chi connectivity index (χ1) is 6.07. The number of hydrogen-bond acceptors (Lipinski definition) is 3. The number of nitrogens with one attached hydrogen (secondary N) is 1. The third-order valence-electron chi connectivity index (χ3n) is 1.33. The van der Waals surface area contributed by atoms with Crippen LogP contribution in [0.3, 0.4) is 0 Å². The van der Waals surface area contributed by atoms with Gasteiger partial charge in [0.05, 0.1) is 5.75 Å². The molecule has 4 nitrogen and oxygen atoms in total. The molecule has 0 aromatic heterocycles. The number of amides is 1. The molecule has 13 heavy (non-hydrogen) atoms. The second-order valence-corrected chi connectivity index (χ2v) is 3.79. The molecular formula is C8H15NO3S. The predicted octanol–water partition coefficient (Wildman–Crippen LogP) is 0.719.